The largest absolute Gasteiger partial charge is 0.463 e. The number of carbonyl (C=O) groups is 1. The monoisotopic (exact) mass is 449 g/mol. The first-order valence-corrected chi connectivity index (χ1v) is 10.7. The first-order valence-electron chi connectivity index (χ1n) is 9.89. The molecular formula is C23H19N3O5S. The minimum Gasteiger partial charge on any atom is -0.463 e. The zero-order chi connectivity index (χ0) is 22.8. The quantitative estimate of drug-likeness (QED) is 0.338. The highest BCUT2D eigenvalue weighted by molar-refractivity contribution is 7.07. The Labute approximate surface area is 186 Å². The van der Waals surface area contributed by atoms with E-state index in [0.717, 1.165) is 5.56 Å². The van der Waals surface area contributed by atoms with E-state index >= 15 is 0 Å². The average molecular weight is 449 g/mol. The molecule has 162 valence electrons. The van der Waals surface area contributed by atoms with E-state index in [0.29, 0.717) is 26.2 Å². The maximum atomic E-state index is 13.2. The predicted molar refractivity (Wildman–Crippen MR) is 121 cm³/mol. The fourth-order valence-corrected chi connectivity index (χ4v) is 4.61. The molecule has 0 radical (unpaired) electrons. The van der Waals surface area contributed by atoms with Crippen LogP contribution in [0.3, 0.4) is 0 Å². The second-order valence-corrected chi connectivity index (χ2v) is 8.06. The van der Waals surface area contributed by atoms with Crippen molar-refractivity contribution in [2.45, 2.75) is 19.9 Å². The molecule has 0 aliphatic carbocycles. The van der Waals surface area contributed by atoms with Crippen molar-refractivity contribution in [2.24, 2.45) is 4.99 Å². The number of nitro benzene ring substituents is 1. The van der Waals surface area contributed by atoms with Gasteiger partial charge in [-0.05, 0) is 31.1 Å². The number of benzene rings is 2. The van der Waals surface area contributed by atoms with Crippen LogP contribution in [0.1, 0.15) is 31.0 Å². The Balaban J connectivity index is 1.93. The molecule has 32 heavy (non-hydrogen) atoms. The van der Waals surface area contributed by atoms with Gasteiger partial charge in [0.2, 0.25) is 0 Å². The number of nitrogens with zero attached hydrogens (tertiary/aromatic N) is 3. The van der Waals surface area contributed by atoms with Crippen molar-refractivity contribution < 1.29 is 14.5 Å². The Morgan fingerprint density at radius 3 is 2.69 bits per heavy atom. The SMILES string of the molecule is CCOC(=O)C1=C(C)n2c(s/c(=C/c3cccc([N+](=O)[O-])c3)c2=O)=N[C@H]1c1ccccc1. The average Bonchev–Trinajstić information content (AvgIpc) is 3.09. The van der Waals surface area contributed by atoms with Crippen LogP contribution in [0.25, 0.3) is 11.8 Å². The number of fused-ring (bicyclic) bond motifs is 1. The molecule has 1 atom stereocenters. The van der Waals surface area contributed by atoms with Crippen molar-refractivity contribution in [1.29, 1.82) is 0 Å². The van der Waals surface area contributed by atoms with Gasteiger partial charge < -0.3 is 4.74 Å². The van der Waals surface area contributed by atoms with Gasteiger partial charge in [-0.15, -0.1) is 0 Å². The number of ether oxygens (including phenoxy) is 1. The Morgan fingerprint density at radius 1 is 1.25 bits per heavy atom. The summed E-state index contributed by atoms with van der Waals surface area (Å²) in [4.78, 5) is 41.7. The van der Waals surface area contributed by atoms with Crippen molar-refractivity contribution in [3.05, 3.63) is 101 Å². The Morgan fingerprint density at radius 2 is 2.00 bits per heavy atom. The van der Waals surface area contributed by atoms with E-state index in [-0.39, 0.29) is 17.9 Å². The van der Waals surface area contributed by atoms with Crippen LogP contribution < -0.4 is 14.9 Å². The zero-order valence-electron chi connectivity index (χ0n) is 17.3. The van der Waals surface area contributed by atoms with Crippen LogP contribution in [0.2, 0.25) is 0 Å². The second kappa shape index (κ2) is 8.72. The van der Waals surface area contributed by atoms with Gasteiger partial charge in [-0.1, -0.05) is 53.8 Å². The highest BCUT2D eigenvalue weighted by Gasteiger charge is 2.31. The molecule has 2 heterocycles. The lowest BCUT2D eigenvalue weighted by Crippen LogP contribution is -2.35. The van der Waals surface area contributed by atoms with Crippen LogP contribution in [-0.4, -0.2) is 22.1 Å². The summed E-state index contributed by atoms with van der Waals surface area (Å²) in [7, 11) is 0. The molecule has 3 aromatic rings. The Hall–Kier alpha value is -3.85. The number of carbonyl (C=O) groups excluding carboxylic acids is 1. The lowest BCUT2D eigenvalue weighted by atomic mass is 9.97. The maximum absolute atomic E-state index is 13.2. The number of aromatic nitrogens is 1. The molecule has 0 bridgehead atoms. The number of non-ortho nitro benzene ring substituents is 1. The van der Waals surface area contributed by atoms with Gasteiger partial charge in [-0.25, -0.2) is 9.79 Å². The zero-order valence-corrected chi connectivity index (χ0v) is 18.2. The summed E-state index contributed by atoms with van der Waals surface area (Å²) in [5.41, 5.74) is 1.71. The molecule has 1 aromatic heterocycles. The van der Waals surface area contributed by atoms with Crippen molar-refractivity contribution in [3.63, 3.8) is 0 Å². The molecule has 4 rings (SSSR count). The van der Waals surface area contributed by atoms with Crippen LogP contribution in [-0.2, 0) is 9.53 Å². The van der Waals surface area contributed by atoms with Gasteiger partial charge >= 0.3 is 5.97 Å². The molecule has 2 aromatic carbocycles. The lowest BCUT2D eigenvalue weighted by molar-refractivity contribution is -0.384. The smallest absolute Gasteiger partial charge is 0.338 e. The summed E-state index contributed by atoms with van der Waals surface area (Å²) in [6.07, 6.45) is 1.59. The van der Waals surface area contributed by atoms with Crippen molar-refractivity contribution in [2.75, 3.05) is 6.61 Å². The standard InChI is InChI=1S/C23H19N3O5S/c1-3-31-22(28)19-14(2)25-21(27)18(13-15-8-7-11-17(12-15)26(29)30)32-23(25)24-20(19)16-9-5-4-6-10-16/h4-13,20H,3H2,1-2H3/b18-13+/t20-/m0/s1. The second-order valence-electron chi connectivity index (χ2n) is 7.05. The van der Waals surface area contributed by atoms with Gasteiger partial charge in [0.25, 0.3) is 11.2 Å². The molecule has 1 aliphatic heterocycles. The minimum atomic E-state index is -0.598. The van der Waals surface area contributed by atoms with E-state index in [1.165, 1.54) is 28.0 Å². The summed E-state index contributed by atoms with van der Waals surface area (Å²) in [5.74, 6) is -0.518. The van der Waals surface area contributed by atoms with Crippen LogP contribution in [0.15, 0.2) is 70.0 Å². The van der Waals surface area contributed by atoms with E-state index in [2.05, 4.69) is 0 Å². The first-order chi connectivity index (χ1) is 15.4. The summed E-state index contributed by atoms with van der Waals surface area (Å²) >= 11 is 1.17. The van der Waals surface area contributed by atoms with E-state index in [1.54, 1.807) is 32.1 Å². The molecule has 0 amide bonds. The number of nitro groups is 1. The molecule has 8 nitrogen and oxygen atoms in total. The van der Waals surface area contributed by atoms with E-state index in [4.69, 9.17) is 9.73 Å². The topological polar surface area (TPSA) is 104 Å². The summed E-state index contributed by atoms with van der Waals surface area (Å²) < 4.78 is 7.02. The number of hydrogen-bond donors (Lipinski definition) is 0. The normalized spacial score (nSPS) is 15.8. The number of rotatable bonds is 5. The summed E-state index contributed by atoms with van der Waals surface area (Å²) in [6, 6.07) is 14.8. The number of thiazole rings is 1. The molecule has 9 heteroatoms. The molecule has 0 N–H and O–H groups in total. The van der Waals surface area contributed by atoms with Crippen LogP contribution in [0.4, 0.5) is 5.69 Å². The van der Waals surface area contributed by atoms with Gasteiger partial charge in [0.05, 0.1) is 21.6 Å². The lowest BCUT2D eigenvalue weighted by Gasteiger charge is -2.22. The van der Waals surface area contributed by atoms with Gasteiger partial charge in [0.15, 0.2) is 4.80 Å². The fraction of sp³-hybridized carbons (Fsp3) is 0.174. The molecule has 0 unspecified atom stereocenters. The van der Waals surface area contributed by atoms with E-state index in [1.807, 2.05) is 30.3 Å². The van der Waals surface area contributed by atoms with E-state index < -0.39 is 16.9 Å². The van der Waals surface area contributed by atoms with Gasteiger partial charge in [0.1, 0.15) is 6.04 Å². The third-order valence-corrected chi connectivity index (χ3v) is 6.02. The van der Waals surface area contributed by atoms with Crippen LogP contribution >= 0.6 is 11.3 Å². The number of allylic oxidation sites excluding steroid dienone is 1. The molecule has 0 fully saturated rings. The van der Waals surface area contributed by atoms with Crippen LogP contribution in [0, 0.1) is 10.1 Å². The van der Waals surface area contributed by atoms with Crippen molar-refractivity contribution in [1.82, 2.24) is 4.57 Å². The van der Waals surface area contributed by atoms with Crippen LogP contribution in [0.5, 0.6) is 0 Å². The highest BCUT2D eigenvalue weighted by Crippen LogP contribution is 2.32. The number of hydrogen-bond acceptors (Lipinski definition) is 7. The molecular weight excluding hydrogens is 430 g/mol. The molecule has 0 saturated heterocycles. The summed E-state index contributed by atoms with van der Waals surface area (Å²) in [5, 5.41) is 11.1. The third-order valence-electron chi connectivity index (χ3n) is 5.03. The van der Waals surface area contributed by atoms with E-state index in [9.17, 15) is 19.7 Å². The summed E-state index contributed by atoms with van der Waals surface area (Å²) in [6.45, 7) is 3.62. The van der Waals surface area contributed by atoms with Crippen molar-refractivity contribution >= 4 is 34.8 Å². The molecule has 1 aliphatic rings. The molecule has 0 spiro atoms. The Kier molecular flexibility index (Phi) is 5.83. The fourth-order valence-electron chi connectivity index (χ4n) is 3.57. The van der Waals surface area contributed by atoms with Crippen molar-refractivity contribution in [3.8, 4) is 0 Å². The highest BCUT2D eigenvalue weighted by atomic mass is 32.1. The third kappa shape index (κ3) is 3.90. The Bertz CT molecular complexity index is 1420. The minimum absolute atomic E-state index is 0.0605. The van der Waals surface area contributed by atoms with Gasteiger partial charge in [0, 0.05) is 17.8 Å². The molecule has 0 saturated carbocycles. The maximum Gasteiger partial charge on any atom is 0.338 e. The van der Waals surface area contributed by atoms with Gasteiger partial charge in [-0.2, -0.15) is 0 Å². The van der Waals surface area contributed by atoms with Gasteiger partial charge in [-0.3, -0.25) is 19.5 Å². The first kappa shape index (κ1) is 21.4. The number of esters is 1. The predicted octanol–water partition coefficient (Wildman–Crippen LogP) is 2.82.